The largest absolute Gasteiger partial charge is 0.480 e. The zero-order valence-corrected chi connectivity index (χ0v) is 14.4. The highest BCUT2D eigenvalue weighted by Gasteiger charge is 2.17. The highest BCUT2D eigenvalue weighted by molar-refractivity contribution is 7.98. The third-order valence-corrected chi connectivity index (χ3v) is 3.90. The SMILES string of the molecule is CSCCC(N/C=C(/C#N)C(=O)Nc1ccc(N)cc1Cl)C(=O)O. The summed E-state index contributed by atoms with van der Waals surface area (Å²) < 4.78 is 0. The highest BCUT2D eigenvalue weighted by Crippen LogP contribution is 2.24. The Bertz CT molecular complexity index is 688. The van der Waals surface area contributed by atoms with E-state index in [9.17, 15) is 9.59 Å². The standard InChI is InChI=1S/C15H17ClN4O3S/c1-24-5-4-13(15(22)23)19-8-9(7-17)14(21)20-12-3-2-10(18)6-11(12)16/h2-3,6,8,13,19H,4-5,18H2,1H3,(H,20,21)(H,22,23)/b9-8-. The highest BCUT2D eigenvalue weighted by atomic mass is 35.5. The molecule has 0 saturated heterocycles. The maximum absolute atomic E-state index is 12.1. The number of nitrogen functional groups attached to an aromatic ring is 1. The number of hydrogen-bond donors (Lipinski definition) is 4. The molecule has 0 aliphatic carbocycles. The number of nitrogens with one attached hydrogen (secondary N) is 2. The maximum atomic E-state index is 12.1. The lowest BCUT2D eigenvalue weighted by Gasteiger charge is -2.12. The van der Waals surface area contributed by atoms with E-state index in [4.69, 9.17) is 27.7 Å². The van der Waals surface area contributed by atoms with Gasteiger partial charge in [-0.15, -0.1) is 0 Å². The van der Waals surface area contributed by atoms with Crippen molar-refractivity contribution in [2.45, 2.75) is 12.5 Å². The van der Waals surface area contributed by atoms with Crippen molar-refractivity contribution in [1.82, 2.24) is 5.32 Å². The van der Waals surface area contributed by atoms with Gasteiger partial charge in [-0.3, -0.25) is 4.79 Å². The normalized spacial score (nSPS) is 12.1. The molecule has 0 spiro atoms. The van der Waals surface area contributed by atoms with Gasteiger partial charge in [0.2, 0.25) is 0 Å². The zero-order chi connectivity index (χ0) is 18.1. The van der Waals surface area contributed by atoms with Gasteiger partial charge in [0.15, 0.2) is 0 Å². The number of aliphatic carboxylic acids is 1. The summed E-state index contributed by atoms with van der Waals surface area (Å²) in [5.41, 5.74) is 6.04. The molecule has 128 valence electrons. The van der Waals surface area contributed by atoms with Gasteiger partial charge in [-0.25, -0.2) is 4.79 Å². The van der Waals surface area contributed by atoms with E-state index in [-0.39, 0.29) is 10.6 Å². The number of nitriles is 1. The number of benzene rings is 1. The molecule has 24 heavy (non-hydrogen) atoms. The van der Waals surface area contributed by atoms with Gasteiger partial charge in [-0.05, 0) is 36.6 Å². The molecule has 0 saturated carbocycles. The fourth-order valence-corrected chi connectivity index (χ4v) is 2.38. The summed E-state index contributed by atoms with van der Waals surface area (Å²) in [5, 5.41) is 23.5. The Hall–Kier alpha value is -2.37. The number of nitrogens with two attached hydrogens (primary N) is 1. The fourth-order valence-electron chi connectivity index (χ4n) is 1.67. The zero-order valence-electron chi connectivity index (χ0n) is 12.9. The van der Waals surface area contributed by atoms with Crippen LogP contribution in [-0.2, 0) is 9.59 Å². The van der Waals surface area contributed by atoms with Crippen molar-refractivity contribution in [2.75, 3.05) is 23.1 Å². The summed E-state index contributed by atoms with van der Waals surface area (Å²) in [6.45, 7) is 0. The second-order valence-corrected chi connectivity index (χ2v) is 6.09. The van der Waals surface area contributed by atoms with E-state index >= 15 is 0 Å². The molecule has 0 bridgehead atoms. The number of nitrogens with zero attached hydrogens (tertiary/aromatic N) is 1. The van der Waals surface area contributed by atoms with Crippen LogP contribution in [0, 0.1) is 11.3 Å². The fraction of sp³-hybridized carbons (Fsp3) is 0.267. The summed E-state index contributed by atoms with van der Waals surface area (Å²) >= 11 is 7.46. The van der Waals surface area contributed by atoms with Crippen molar-refractivity contribution in [3.63, 3.8) is 0 Å². The van der Waals surface area contributed by atoms with Gasteiger partial charge in [0.05, 0.1) is 10.7 Å². The first kappa shape index (κ1) is 19.7. The number of hydrogen-bond acceptors (Lipinski definition) is 6. The number of carbonyl (C=O) groups is 2. The predicted octanol–water partition coefficient (Wildman–Crippen LogP) is 2.06. The van der Waals surface area contributed by atoms with Crippen LogP contribution in [0.4, 0.5) is 11.4 Å². The van der Waals surface area contributed by atoms with Crippen molar-refractivity contribution < 1.29 is 14.7 Å². The Labute approximate surface area is 148 Å². The van der Waals surface area contributed by atoms with E-state index in [0.29, 0.717) is 23.5 Å². The van der Waals surface area contributed by atoms with Crippen molar-refractivity contribution >= 4 is 46.6 Å². The van der Waals surface area contributed by atoms with Crippen molar-refractivity contribution in [3.8, 4) is 6.07 Å². The molecule has 0 heterocycles. The Kier molecular flexibility index (Phi) is 7.95. The lowest BCUT2D eigenvalue weighted by Crippen LogP contribution is -2.34. The maximum Gasteiger partial charge on any atom is 0.326 e. The molecule has 1 rings (SSSR count). The molecule has 0 aliphatic heterocycles. The van der Waals surface area contributed by atoms with Crippen LogP contribution in [0.3, 0.4) is 0 Å². The Morgan fingerprint density at radius 1 is 1.54 bits per heavy atom. The molecule has 1 unspecified atom stereocenters. The van der Waals surface area contributed by atoms with E-state index in [1.165, 1.54) is 23.9 Å². The van der Waals surface area contributed by atoms with Gasteiger partial charge < -0.3 is 21.5 Å². The third kappa shape index (κ3) is 6.02. The first-order valence-electron chi connectivity index (χ1n) is 6.83. The smallest absolute Gasteiger partial charge is 0.326 e. The molecule has 0 fully saturated rings. The van der Waals surface area contributed by atoms with Crippen LogP contribution in [0.2, 0.25) is 5.02 Å². The number of anilines is 2. The van der Waals surface area contributed by atoms with Crippen LogP contribution >= 0.6 is 23.4 Å². The molecule has 0 aromatic heterocycles. The molecule has 1 aromatic carbocycles. The Morgan fingerprint density at radius 2 is 2.25 bits per heavy atom. The molecular weight excluding hydrogens is 352 g/mol. The summed E-state index contributed by atoms with van der Waals surface area (Å²) in [7, 11) is 0. The number of carbonyl (C=O) groups excluding carboxylic acids is 1. The quantitative estimate of drug-likeness (QED) is 0.314. The van der Waals surface area contributed by atoms with Crippen LogP contribution in [0.1, 0.15) is 6.42 Å². The second kappa shape index (κ2) is 9.70. The average Bonchev–Trinajstić information content (AvgIpc) is 2.53. The first-order chi connectivity index (χ1) is 11.4. The summed E-state index contributed by atoms with van der Waals surface area (Å²) in [6, 6.07) is 5.37. The number of carboxylic acids is 1. The van der Waals surface area contributed by atoms with Gasteiger partial charge in [0, 0.05) is 11.9 Å². The van der Waals surface area contributed by atoms with Crippen LogP contribution in [0.25, 0.3) is 0 Å². The molecule has 7 nitrogen and oxygen atoms in total. The van der Waals surface area contributed by atoms with Crippen LogP contribution in [0.5, 0.6) is 0 Å². The number of amides is 1. The molecule has 5 N–H and O–H groups in total. The van der Waals surface area contributed by atoms with E-state index in [1.54, 1.807) is 12.1 Å². The minimum Gasteiger partial charge on any atom is -0.480 e. The monoisotopic (exact) mass is 368 g/mol. The second-order valence-electron chi connectivity index (χ2n) is 4.70. The topological polar surface area (TPSA) is 128 Å². The van der Waals surface area contributed by atoms with Crippen LogP contribution in [-0.4, -0.2) is 35.0 Å². The number of thioether (sulfide) groups is 1. The minimum absolute atomic E-state index is 0.233. The summed E-state index contributed by atoms with van der Waals surface area (Å²) in [4.78, 5) is 23.2. The summed E-state index contributed by atoms with van der Waals surface area (Å²) in [5.74, 6) is -1.13. The van der Waals surface area contributed by atoms with E-state index in [2.05, 4.69) is 10.6 Å². The molecule has 1 aromatic rings. The summed E-state index contributed by atoms with van der Waals surface area (Å²) in [6.07, 6.45) is 3.32. The molecule has 1 atom stereocenters. The van der Waals surface area contributed by atoms with Crippen molar-refractivity contribution in [3.05, 3.63) is 35.0 Å². The first-order valence-corrected chi connectivity index (χ1v) is 8.60. The number of rotatable bonds is 8. The number of halogens is 1. The van der Waals surface area contributed by atoms with Gasteiger partial charge in [-0.2, -0.15) is 17.0 Å². The van der Waals surface area contributed by atoms with E-state index in [1.807, 2.05) is 6.26 Å². The third-order valence-electron chi connectivity index (χ3n) is 2.94. The molecule has 0 radical (unpaired) electrons. The predicted molar refractivity (Wildman–Crippen MR) is 95.7 cm³/mol. The molecule has 1 amide bonds. The van der Waals surface area contributed by atoms with Gasteiger partial charge in [0.1, 0.15) is 17.7 Å². The van der Waals surface area contributed by atoms with Crippen molar-refractivity contribution in [2.24, 2.45) is 0 Å². The lowest BCUT2D eigenvalue weighted by atomic mass is 10.2. The number of carboxylic acid groups (broad SMARTS) is 1. The molecular formula is C15H17ClN4O3S. The van der Waals surface area contributed by atoms with E-state index < -0.39 is 17.9 Å². The molecule has 0 aliphatic rings. The van der Waals surface area contributed by atoms with E-state index in [0.717, 1.165) is 6.20 Å². The minimum atomic E-state index is -1.06. The van der Waals surface area contributed by atoms with Gasteiger partial charge in [0.25, 0.3) is 5.91 Å². The average molecular weight is 369 g/mol. The van der Waals surface area contributed by atoms with Gasteiger partial charge in [-0.1, -0.05) is 11.6 Å². The molecule has 9 heteroatoms. The Morgan fingerprint density at radius 3 is 2.79 bits per heavy atom. The lowest BCUT2D eigenvalue weighted by molar-refractivity contribution is -0.139. The van der Waals surface area contributed by atoms with Gasteiger partial charge >= 0.3 is 5.97 Å². The van der Waals surface area contributed by atoms with Crippen molar-refractivity contribution in [1.29, 1.82) is 5.26 Å². The Balaban J connectivity index is 2.81. The van der Waals surface area contributed by atoms with Crippen LogP contribution < -0.4 is 16.4 Å². The van der Waals surface area contributed by atoms with Crippen LogP contribution in [0.15, 0.2) is 30.0 Å².